The van der Waals surface area contributed by atoms with Gasteiger partial charge in [0, 0.05) is 51.1 Å². The molecule has 132 valence electrons. The first kappa shape index (κ1) is 18.5. The highest BCUT2D eigenvalue weighted by molar-refractivity contribution is 5.97. The molecule has 0 saturated carbocycles. The van der Waals surface area contributed by atoms with Crippen molar-refractivity contribution >= 4 is 29.9 Å². The zero-order chi connectivity index (χ0) is 16.2. The highest BCUT2D eigenvalue weighted by Crippen LogP contribution is 2.26. The topological polar surface area (TPSA) is 61.9 Å². The zero-order valence-corrected chi connectivity index (χ0v) is 14.7. The van der Waals surface area contributed by atoms with Crippen molar-refractivity contribution in [2.45, 2.75) is 12.8 Å². The van der Waals surface area contributed by atoms with Gasteiger partial charge < -0.3 is 19.9 Å². The van der Waals surface area contributed by atoms with Gasteiger partial charge in [0.05, 0.1) is 0 Å². The van der Waals surface area contributed by atoms with Crippen molar-refractivity contribution in [2.24, 2.45) is 0 Å². The number of fused-ring (bicyclic) bond motifs is 1. The largest absolute Gasteiger partial charge is 0.385 e. The summed E-state index contributed by atoms with van der Waals surface area (Å²) in [5.74, 6) is 0.0604. The number of nitrogens with zero attached hydrogens (tertiary/aromatic N) is 2. The van der Waals surface area contributed by atoms with Gasteiger partial charge in [0.15, 0.2) is 0 Å². The fraction of sp³-hybridized carbons (Fsp3) is 0.529. The van der Waals surface area contributed by atoms with Crippen LogP contribution in [0, 0.1) is 0 Å². The van der Waals surface area contributed by atoms with E-state index in [4.69, 9.17) is 4.74 Å². The van der Waals surface area contributed by atoms with Crippen LogP contribution in [-0.4, -0.2) is 68.1 Å². The van der Waals surface area contributed by atoms with Gasteiger partial charge in [-0.05, 0) is 30.5 Å². The summed E-state index contributed by atoms with van der Waals surface area (Å²) in [6, 6.07) is 5.88. The fourth-order valence-electron chi connectivity index (χ4n) is 3.25. The number of piperazine rings is 1. The van der Waals surface area contributed by atoms with Crippen molar-refractivity contribution in [3.63, 3.8) is 0 Å². The Hall–Kier alpha value is -1.79. The number of benzene rings is 1. The number of amides is 2. The van der Waals surface area contributed by atoms with Gasteiger partial charge in [-0.15, -0.1) is 12.4 Å². The molecule has 0 bridgehead atoms. The van der Waals surface area contributed by atoms with Gasteiger partial charge in [0.25, 0.3) is 5.91 Å². The van der Waals surface area contributed by atoms with E-state index in [0.29, 0.717) is 26.2 Å². The molecule has 1 aromatic carbocycles. The molecular formula is C17H24ClN3O3. The van der Waals surface area contributed by atoms with Gasteiger partial charge in [0.2, 0.25) is 5.91 Å². The molecule has 7 heteroatoms. The molecule has 24 heavy (non-hydrogen) atoms. The van der Waals surface area contributed by atoms with Crippen LogP contribution < -0.4 is 5.32 Å². The van der Waals surface area contributed by atoms with Crippen LogP contribution in [0.5, 0.6) is 0 Å². The Bertz CT molecular complexity index is 601. The summed E-state index contributed by atoms with van der Waals surface area (Å²) >= 11 is 0. The van der Waals surface area contributed by atoms with Gasteiger partial charge in [-0.2, -0.15) is 0 Å². The minimum atomic E-state index is -0.0131. The van der Waals surface area contributed by atoms with Crippen LogP contribution in [0.25, 0.3) is 0 Å². The third kappa shape index (κ3) is 3.82. The number of methoxy groups -OCH3 is 1. The Balaban J connectivity index is 0.00000208. The highest BCUT2D eigenvalue weighted by atomic mass is 35.5. The van der Waals surface area contributed by atoms with Crippen LogP contribution in [0.3, 0.4) is 0 Å². The first-order valence-corrected chi connectivity index (χ1v) is 8.12. The van der Waals surface area contributed by atoms with Crippen LogP contribution in [0.1, 0.15) is 22.3 Å². The maximum atomic E-state index is 12.8. The predicted octanol–water partition coefficient (Wildman–Crippen LogP) is 1.40. The van der Waals surface area contributed by atoms with Crippen molar-refractivity contribution in [3.05, 3.63) is 29.3 Å². The van der Waals surface area contributed by atoms with Crippen LogP contribution in [-0.2, 0) is 16.0 Å². The monoisotopic (exact) mass is 353 g/mol. The summed E-state index contributed by atoms with van der Waals surface area (Å²) in [6.45, 7) is 3.36. The second kappa shape index (κ2) is 8.35. The number of rotatable bonds is 3. The lowest BCUT2D eigenvalue weighted by Crippen LogP contribution is -2.51. The van der Waals surface area contributed by atoms with Gasteiger partial charge in [-0.25, -0.2) is 0 Å². The summed E-state index contributed by atoms with van der Waals surface area (Å²) in [5, 5.41) is 3.36. The molecule has 2 amide bonds. The molecule has 1 N–H and O–H groups in total. The SMILES string of the molecule is COCC(=O)N1CCN(C(=O)c2cccc3c2CCCN3)CC1.Cl. The minimum absolute atomic E-state index is 0. The number of carbonyl (C=O) groups excluding carboxylic acids is 2. The molecule has 0 aromatic heterocycles. The molecule has 1 fully saturated rings. The van der Waals surface area contributed by atoms with Crippen molar-refractivity contribution in [1.82, 2.24) is 9.80 Å². The van der Waals surface area contributed by atoms with E-state index in [-0.39, 0.29) is 30.8 Å². The lowest BCUT2D eigenvalue weighted by atomic mass is 9.96. The second-order valence-corrected chi connectivity index (χ2v) is 5.97. The normalized spacial score (nSPS) is 16.7. The zero-order valence-electron chi connectivity index (χ0n) is 13.9. The molecular weight excluding hydrogens is 330 g/mol. The Morgan fingerprint density at radius 2 is 1.88 bits per heavy atom. The number of nitrogens with one attached hydrogen (secondary N) is 1. The van der Waals surface area contributed by atoms with Gasteiger partial charge in [-0.1, -0.05) is 6.07 Å². The third-order valence-corrected chi connectivity index (χ3v) is 4.51. The molecule has 0 spiro atoms. The first-order valence-electron chi connectivity index (χ1n) is 8.12. The maximum Gasteiger partial charge on any atom is 0.254 e. The Kier molecular flexibility index (Phi) is 6.45. The number of anilines is 1. The fourth-order valence-corrected chi connectivity index (χ4v) is 3.25. The van der Waals surface area contributed by atoms with E-state index in [1.165, 1.54) is 7.11 Å². The van der Waals surface area contributed by atoms with Crippen molar-refractivity contribution < 1.29 is 14.3 Å². The van der Waals surface area contributed by atoms with E-state index in [9.17, 15) is 9.59 Å². The number of halogens is 1. The molecule has 0 radical (unpaired) electrons. The predicted molar refractivity (Wildman–Crippen MR) is 94.9 cm³/mol. The molecule has 2 aliphatic rings. The summed E-state index contributed by atoms with van der Waals surface area (Å²) in [6.07, 6.45) is 1.99. The average Bonchev–Trinajstić information content (AvgIpc) is 2.61. The molecule has 1 aromatic rings. The van der Waals surface area contributed by atoms with Crippen LogP contribution in [0.4, 0.5) is 5.69 Å². The summed E-state index contributed by atoms with van der Waals surface area (Å²) < 4.78 is 4.88. The van der Waals surface area contributed by atoms with Crippen LogP contribution in [0.15, 0.2) is 18.2 Å². The van der Waals surface area contributed by atoms with E-state index in [2.05, 4.69) is 5.32 Å². The molecule has 2 aliphatic heterocycles. The van der Waals surface area contributed by atoms with E-state index < -0.39 is 0 Å². The Morgan fingerprint density at radius 1 is 1.17 bits per heavy atom. The Labute approximate surface area is 148 Å². The van der Waals surface area contributed by atoms with Gasteiger partial charge >= 0.3 is 0 Å². The average molecular weight is 354 g/mol. The summed E-state index contributed by atoms with van der Waals surface area (Å²) in [5.41, 5.74) is 3.00. The van der Waals surface area contributed by atoms with E-state index in [1.807, 2.05) is 23.1 Å². The summed E-state index contributed by atoms with van der Waals surface area (Å²) in [7, 11) is 1.52. The molecule has 0 atom stereocenters. The smallest absolute Gasteiger partial charge is 0.254 e. The lowest BCUT2D eigenvalue weighted by molar-refractivity contribution is -0.136. The second-order valence-electron chi connectivity index (χ2n) is 5.97. The minimum Gasteiger partial charge on any atom is -0.385 e. The highest BCUT2D eigenvalue weighted by Gasteiger charge is 2.26. The molecule has 1 saturated heterocycles. The number of carbonyl (C=O) groups is 2. The van der Waals surface area contributed by atoms with Crippen molar-refractivity contribution in [2.75, 3.05) is 51.8 Å². The van der Waals surface area contributed by atoms with E-state index >= 15 is 0 Å². The summed E-state index contributed by atoms with van der Waals surface area (Å²) in [4.78, 5) is 28.3. The Morgan fingerprint density at radius 3 is 2.58 bits per heavy atom. The number of hydrogen-bond acceptors (Lipinski definition) is 4. The van der Waals surface area contributed by atoms with E-state index in [0.717, 1.165) is 36.2 Å². The standard InChI is InChI=1S/C17H23N3O3.ClH/c1-23-12-16(21)19-8-10-20(11-9-19)17(22)14-4-2-6-15-13(14)5-3-7-18-15;/h2,4,6,18H,3,5,7-12H2,1H3;1H. The molecule has 6 nitrogen and oxygen atoms in total. The van der Waals surface area contributed by atoms with E-state index in [1.54, 1.807) is 4.90 Å². The molecule has 2 heterocycles. The molecule has 0 unspecified atom stereocenters. The first-order chi connectivity index (χ1) is 11.2. The third-order valence-electron chi connectivity index (χ3n) is 4.51. The van der Waals surface area contributed by atoms with Crippen molar-refractivity contribution in [3.8, 4) is 0 Å². The number of hydrogen-bond donors (Lipinski definition) is 1. The van der Waals surface area contributed by atoms with Crippen LogP contribution >= 0.6 is 12.4 Å². The van der Waals surface area contributed by atoms with Gasteiger partial charge in [-0.3, -0.25) is 9.59 Å². The lowest BCUT2D eigenvalue weighted by Gasteiger charge is -2.35. The van der Waals surface area contributed by atoms with Crippen LogP contribution in [0.2, 0.25) is 0 Å². The molecule has 3 rings (SSSR count). The maximum absolute atomic E-state index is 12.8. The quantitative estimate of drug-likeness (QED) is 0.892. The van der Waals surface area contributed by atoms with Crippen molar-refractivity contribution in [1.29, 1.82) is 0 Å². The number of ether oxygens (including phenoxy) is 1. The molecule has 0 aliphatic carbocycles. The van der Waals surface area contributed by atoms with Gasteiger partial charge in [0.1, 0.15) is 6.61 Å².